The first-order valence-electron chi connectivity index (χ1n) is 4.52. The molecule has 2 nitrogen and oxygen atoms in total. The molecule has 0 fully saturated rings. The van der Waals surface area contributed by atoms with Crippen LogP contribution in [0.2, 0.25) is 0 Å². The predicted octanol–water partition coefficient (Wildman–Crippen LogP) is 2.04. The van der Waals surface area contributed by atoms with Gasteiger partial charge in [-0.2, -0.15) is 0 Å². The standard InChI is InChI=1S/C13H8O2/c14-13-8-4-7-12(15-13)10-9-11-5-2-1-3-6-11/h1-8H. The Labute approximate surface area is 87.2 Å². The molecule has 0 aliphatic heterocycles. The molecule has 2 heteroatoms. The van der Waals surface area contributed by atoms with Crippen molar-refractivity contribution in [2.24, 2.45) is 0 Å². The van der Waals surface area contributed by atoms with Crippen LogP contribution in [0, 0.1) is 11.8 Å². The Balaban J connectivity index is 2.30. The molecule has 0 amide bonds. The quantitative estimate of drug-likeness (QED) is 0.603. The van der Waals surface area contributed by atoms with Crippen LogP contribution in [-0.2, 0) is 0 Å². The van der Waals surface area contributed by atoms with Crippen LogP contribution in [0.4, 0.5) is 0 Å². The van der Waals surface area contributed by atoms with Gasteiger partial charge in [0.1, 0.15) is 0 Å². The number of rotatable bonds is 0. The summed E-state index contributed by atoms with van der Waals surface area (Å²) in [4.78, 5) is 10.9. The Kier molecular flexibility index (Phi) is 2.66. The van der Waals surface area contributed by atoms with Gasteiger partial charge in [-0.25, -0.2) is 4.79 Å². The summed E-state index contributed by atoms with van der Waals surface area (Å²) in [6.45, 7) is 0. The van der Waals surface area contributed by atoms with Gasteiger partial charge in [-0.15, -0.1) is 0 Å². The first kappa shape index (κ1) is 9.29. The SMILES string of the molecule is O=c1cccc(C#Cc2ccccc2)o1. The molecule has 0 bridgehead atoms. The highest BCUT2D eigenvalue weighted by molar-refractivity contribution is 5.38. The first-order chi connectivity index (χ1) is 7.34. The molecule has 1 aromatic heterocycles. The fourth-order valence-electron chi connectivity index (χ4n) is 1.11. The minimum absolute atomic E-state index is 0.380. The van der Waals surface area contributed by atoms with Gasteiger partial charge in [-0.3, -0.25) is 0 Å². The zero-order valence-electron chi connectivity index (χ0n) is 7.94. The Morgan fingerprint density at radius 1 is 0.867 bits per heavy atom. The third-order valence-electron chi connectivity index (χ3n) is 1.79. The molecule has 0 saturated carbocycles. The first-order valence-corrected chi connectivity index (χ1v) is 4.52. The molecule has 1 heterocycles. The zero-order valence-corrected chi connectivity index (χ0v) is 7.94. The third-order valence-corrected chi connectivity index (χ3v) is 1.79. The maximum atomic E-state index is 10.9. The van der Waals surface area contributed by atoms with Gasteiger partial charge in [-0.05, 0) is 24.1 Å². The van der Waals surface area contributed by atoms with Crippen molar-refractivity contribution >= 4 is 0 Å². The predicted molar refractivity (Wildman–Crippen MR) is 57.4 cm³/mol. The molecular weight excluding hydrogens is 188 g/mol. The Hall–Kier alpha value is -2.27. The van der Waals surface area contributed by atoms with Crippen molar-refractivity contribution in [3.8, 4) is 11.8 Å². The van der Waals surface area contributed by atoms with E-state index < -0.39 is 0 Å². The summed E-state index contributed by atoms with van der Waals surface area (Å²) in [7, 11) is 0. The van der Waals surface area contributed by atoms with Crippen molar-refractivity contribution < 1.29 is 4.42 Å². The van der Waals surface area contributed by atoms with Crippen LogP contribution in [-0.4, -0.2) is 0 Å². The monoisotopic (exact) mass is 196 g/mol. The van der Waals surface area contributed by atoms with Crippen LogP contribution < -0.4 is 5.63 Å². The minimum atomic E-state index is -0.380. The smallest absolute Gasteiger partial charge is 0.336 e. The van der Waals surface area contributed by atoms with Gasteiger partial charge in [0.15, 0.2) is 5.76 Å². The summed E-state index contributed by atoms with van der Waals surface area (Å²) >= 11 is 0. The van der Waals surface area contributed by atoms with Crippen molar-refractivity contribution in [3.05, 3.63) is 70.3 Å². The van der Waals surface area contributed by atoms with Gasteiger partial charge in [0.25, 0.3) is 0 Å². The average Bonchev–Trinajstić information content (AvgIpc) is 2.28. The Morgan fingerprint density at radius 3 is 2.40 bits per heavy atom. The normalized spacial score (nSPS) is 9.07. The minimum Gasteiger partial charge on any atom is -0.414 e. The van der Waals surface area contributed by atoms with E-state index in [1.54, 1.807) is 12.1 Å². The molecule has 0 saturated heterocycles. The molecule has 0 spiro atoms. The molecule has 0 atom stereocenters. The zero-order chi connectivity index (χ0) is 10.5. The van der Waals surface area contributed by atoms with Crippen LogP contribution in [0.1, 0.15) is 11.3 Å². The van der Waals surface area contributed by atoms with Crippen LogP contribution in [0.25, 0.3) is 0 Å². The van der Waals surface area contributed by atoms with E-state index >= 15 is 0 Å². The summed E-state index contributed by atoms with van der Waals surface area (Å²) in [5.74, 6) is 6.07. The molecule has 72 valence electrons. The molecule has 2 aromatic rings. The second-order valence-electron chi connectivity index (χ2n) is 2.93. The van der Waals surface area contributed by atoms with E-state index in [-0.39, 0.29) is 5.63 Å². The summed E-state index contributed by atoms with van der Waals surface area (Å²) in [5, 5.41) is 0. The van der Waals surface area contributed by atoms with Crippen molar-refractivity contribution in [1.82, 2.24) is 0 Å². The maximum Gasteiger partial charge on any atom is 0.336 e. The summed E-state index contributed by atoms with van der Waals surface area (Å²) in [6.07, 6.45) is 0. The van der Waals surface area contributed by atoms with E-state index in [4.69, 9.17) is 4.42 Å². The number of benzene rings is 1. The van der Waals surface area contributed by atoms with Crippen molar-refractivity contribution in [3.63, 3.8) is 0 Å². The van der Waals surface area contributed by atoms with E-state index in [0.29, 0.717) is 5.76 Å². The Bertz CT molecular complexity index is 556. The average molecular weight is 196 g/mol. The summed E-state index contributed by atoms with van der Waals surface area (Å²) in [6, 6.07) is 14.2. The molecule has 0 aliphatic rings. The van der Waals surface area contributed by atoms with Crippen molar-refractivity contribution in [2.75, 3.05) is 0 Å². The van der Waals surface area contributed by atoms with Crippen molar-refractivity contribution in [1.29, 1.82) is 0 Å². The topological polar surface area (TPSA) is 30.2 Å². The van der Waals surface area contributed by atoms with Gasteiger partial charge in [0, 0.05) is 11.6 Å². The second-order valence-corrected chi connectivity index (χ2v) is 2.93. The second kappa shape index (κ2) is 4.30. The molecule has 0 radical (unpaired) electrons. The van der Waals surface area contributed by atoms with Crippen LogP contribution in [0.5, 0.6) is 0 Å². The highest BCUT2D eigenvalue weighted by Gasteiger charge is 1.89. The van der Waals surface area contributed by atoms with E-state index in [2.05, 4.69) is 11.8 Å². The number of hydrogen-bond donors (Lipinski definition) is 0. The maximum absolute atomic E-state index is 10.9. The van der Waals surface area contributed by atoms with E-state index in [9.17, 15) is 4.79 Å². The van der Waals surface area contributed by atoms with Gasteiger partial charge in [-0.1, -0.05) is 30.2 Å². The van der Waals surface area contributed by atoms with E-state index in [0.717, 1.165) is 5.56 Å². The van der Waals surface area contributed by atoms with Crippen LogP contribution >= 0.6 is 0 Å². The lowest BCUT2D eigenvalue weighted by atomic mass is 10.2. The lowest BCUT2D eigenvalue weighted by Crippen LogP contribution is -1.95. The fourth-order valence-corrected chi connectivity index (χ4v) is 1.11. The highest BCUT2D eigenvalue weighted by atomic mass is 16.4. The lowest BCUT2D eigenvalue weighted by molar-refractivity contribution is 0.498. The van der Waals surface area contributed by atoms with Gasteiger partial charge in [0.05, 0.1) is 0 Å². The molecule has 15 heavy (non-hydrogen) atoms. The largest absolute Gasteiger partial charge is 0.414 e. The van der Waals surface area contributed by atoms with Gasteiger partial charge in [0.2, 0.25) is 0 Å². The van der Waals surface area contributed by atoms with E-state index in [1.807, 2.05) is 30.3 Å². The number of hydrogen-bond acceptors (Lipinski definition) is 2. The van der Waals surface area contributed by atoms with Gasteiger partial charge < -0.3 is 4.42 Å². The van der Waals surface area contributed by atoms with Crippen LogP contribution in [0.3, 0.4) is 0 Å². The highest BCUT2D eigenvalue weighted by Crippen LogP contribution is 1.97. The molecule has 0 N–H and O–H groups in total. The molecular formula is C13H8O2. The Morgan fingerprint density at radius 2 is 1.67 bits per heavy atom. The lowest BCUT2D eigenvalue weighted by Gasteiger charge is -1.87. The fraction of sp³-hybridized carbons (Fsp3) is 0. The van der Waals surface area contributed by atoms with E-state index in [1.165, 1.54) is 6.07 Å². The summed E-state index contributed by atoms with van der Waals surface area (Å²) in [5.41, 5.74) is 0.513. The summed E-state index contributed by atoms with van der Waals surface area (Å²) < 4.78 is 4.87. The van der Waals surface area contributed by atoms with Crippen molar-refractivity contribution in [2.45, 2.75) is 0 Å². The molecule has 1 aromatic carbocycles. The molecule has 0 unspecified atom stereocenters. The van der Waals surface area contributed by atoms with Crippen LogP contribution in [0.15, 0.2) is 57.7 Å². The molecule has 2 rings (SSSR count). The molecule has 0 aliphatic carbocycles. The van der Waals surface area contributed by atoms with Gasteiger partial charge >= 0.3 is 5.63 Å². The third kappa shape index (κ3) is 2.58.